The number of carbonyl (C=O) groups is 1. The maximum absolute atomic E-state index is 11.9. The Morgan fingerprint density at radius 2 is 2.10 bits per heavy atom. The molecule has 21 heavy (non-hydrogen) atoms. The van der Waals surface area contributed by atoms with Crippen LogP contribution in [-0.4, -0.2) is 42.6 Å². The Morgan fingerprint density at radius 3 is 2.67 bits per heavy atom. The van der Waals surface area contributed by atoms with E-state index < -0.39 is 7.50 Å². The maximum atomic E-state index is 11.9. The van der Waals surface area contributed by atoms with E-state index in [1.807, 2.05) is 49.0 Å². The van der Waals surface area contributed by atoms with Gasteiger partial charge in [-0.25, -0.2) is 4.67 Å². The summed E-state index contributed by atoms with van der Waals surface area (Å²) in [5.41, 5.74) is 5.58. The second-order valence-corrected chi connectivity index (χ2v) is 7.93. The van der Waals surface area contributed by atoms with Crippen molar-refractivity contribution < 1.29 is 14.1 Å². The zero-order chi connectivity index (χ0) is 15.7. The van der Waals surface area contributed by atoms with Crippen molar-refractivity contribution in [2.24, 2.45) is 5.73 Å². The average Bonchev–Trinajstić information content (AvgIpc) is 2.51. The normalized spacial score (nSPS) is 13.8. The molecule has 0 aliphatic carbocycles. The molecule has 0 radical (unpaired) electrons. The van der Waals surface area contributed by atoms with Crippen molar-refractivity contribution in [1.29, 1.82) is 0 Å². The van der Waals surface area contributed by atoms with Gasteiger partial charge in [-0.2, -0.15) is 0 Å². The first-order chi connectivity index (χ1) is 10.1. The molecule has 0 heterocycles. The summed E-state index contributed by atoms with van der Waals surface area (Å²) < 4.78 is 13.0. The Morgan fingerprint density at radius 1 is 1.43 bits per heavy atom. The summed E-state index contributed by atoms with van der Waals surface area (Å²) in [7, 11) is 0.857. The van der Waals surface area contributed by atoms with Crippen molar-refractivity contribution in [1.82, 2.24) is 4.67 Å². The number of rotatable bonds is 9. The predicted molar refractivity (Wildman–Crippen MR) is 89.4 cm³/mol. The Balaban J connectivity index is 2.73. The van der Waals surface area contributed by atoms with E-state index in [0.717, 1.165) is 11.5 Å². The second kappa shape index (κ2) is 10.0. The number of esters is 1. The number of hydrogen-bond donors (Lipinski definition) is 1. The number of carbonyl (C=O) groups excluding carboxylic acids is 1. The number of likely N-dealkylation sites (N-methyl/N-ethyl adjacent to an activating group) is 1. The van der Waals surface area contributed by atoms with Gasteiger partial charge < -0.3 is 15.0 Å². The van der Waals surface area contributed by atoms with Gasteiger partial charge in [-0.05, 0) is 33.0 Å². The molecule has 2 atom stereocenters. The third-order valence-electron chi connectivity index (χ3n) is 2.69. The molecule has 0 fully saturated rings. The van der Waals surface area contributed by atoms with Crippen LogP contribution in [0.15, 0.2) is 30.3 Å². The summed E-state index contributed by atoms with van der Waals surface area (Å²) in [5.74, 6) is 1.33. The number of nitrogens with zero attached hydrogens (tertiary/aromatic N) is 1. The van der Waals surface area contributed by atoms with Gasteiger partial charge in [0, 0.05) is 12.3 Å². The zero-order valence-electron chi connectivity index (χ0n) is 12.7. The Hall–Kier alpha value is -0.810. The molecule has 0 aliphatic rings. The molecule has 0 bridgehead atoms. The molecule has 0 amide bonds. The smallest absolute Gasteiger partial charge is 0.323 e. The molecule has 0 aliphatic heterocycles. The summed E-state index contributed by atoms with van der Waals surface area (Å²) in [6, 6.07) is 9.23. The van der Waals surface area contributed by atoms with Crippen LogP contribution in [-0.2, 0) is 9.53 Å². The minimum Gasteiger partial charge on any atom is -0.465 e. The standard InChI is InChI=1S/C14H23N2O3PS/c1-4-18-14(17)12(2)16(3)20(21-11-10-15)19-13-8-6-5-7-9-13/h5-9,12H,4,10-11,15H2,1-3H3/t12-,20-/m0/s1. The first kappa shape index (κ1) is 18.2. The molecule has 5 nitrogen and oxygen atoms in total. The van der Waals surface area contributed by atoms with Gasteiger partial charge in [0.2, 0.25) is 7.50 Å². The van der Waals surface area contributed by atoms with E-state index >= 15 is 0 Å². The molecule has 0 unspecified atom stereocenters. The van der Waals surface area contributed by atoms with Crippen LogP contribution in [0.5, 0.6) is 5.75 Å². The van der Waals surface area contributed by atoms with Gasteiger partial charge in [0.15, 0.2) is 0 Å². The lowest BCUT2D eigenvalue weighted by Crippen LogP contribution is -2.34. The molecular weight excluding hydrogens is 307 g/mol. The fourth-order valence-electron chi connectivity index (χ4n) is 1.44. The van der Waals surface area contributed by atoms with E-state index in [2.05, 4.69) is 0 Å². The fourth-order valence-corrected chi connectivity index (χ4v) is 4.92. The highest BCUT2D eigenvalue weighted by atomic mass is 32.7. The number of ether oxygens (including phenoxy) is 1. The lowest BCUT2D eigenvalue weighted by atomic mass is 10.3. The van der Waals surface area contributed by atoms with Crippen LogP contribution in [0.2, 0.25) is 0 Å². The third-order valence-corrected chi connectivity index (χ3v) is 6.77. The largest absolute Gasteiger partial charge is 0.465 e. The van der Waals surface area contributed by atoms with Crippen molar-refractivity contribution in [3.8, 4) is 5.75 Å². The van der Waals surface area contributed by atoms with Crippen molar-refractivity contribution in [3.05, 3.63) is 30.3 Å². The van der Waals surface area contributed by atoms with Gasteiger partial charge >= 0.3 is 5.97 Å². The maximum Gasteiger partial charge on any atom is 0.323 e. The van der Waals surface area contributed by atoms with Gasteiger partial charge in [0.25, 0.3) is 0 Å². The SMILES string of the molecule is CCOC(=O)[C@H](C)N(C)[P@@](Oc1ccccc1)SCCN. The number of benzene rings is 1. The van der Waals surface area contributed by atoms with Crippen molar-refractivity contribution in [3.63, 3.8) is 0 Å². The molecule has 0 spiro atoms. The third kappa shape index (κ3) is 6.22. The molecule has 2 N–H and O–H groups in total. The number of para-hydroxylation sites is 1. The van der Waals surface area contributed by atoms with Crippen LogP contribution < -0.4 is 10.3 Å². The summed E-state index contributed by atoms with van der Waals surface area (Å²) in [6.07, 6.45) is 0. The predicted octanol–water partition coefficient (Wildman–Crippen LogP) is 2.87. The Kier molecular flexibility index (Phi) is 8.69. The van der Waals surface area contributed by atoms with E-state index in [1.165, 1.54) is 0 Å². The highest BCUT2D eigenvalue weighted by molar-refractivity contribution is 8.53. The van der Waals surface area contributed by atoms with Crippen LogP contribution in [0.1, 0.15) is 13.8 Å². The summed E-state index contributed by atoms with van der Waals surface area (Å²) in [4.78, 5) is 11.9. The van der Waals surface area contributed by atoms with Crippen LogP contribution in [0.3, 0.4) is 0 Å². The van der Waals surface area contributed by atoms with Crippen molar-refractivity contribution in [2.75, 3.05) is 26.0 Å². The van der Waals surface area contributed by atoms with Crippen molar-refractivity contribution in [2.45, 2.75) is 19.9 Å². The summed E-state index contributed by atoms with van der Waals surface area (Å²) in [6.45, 7) is 4.58. The quantitative estimate of drug-likeness (QED) is 0.555. The lowest BCUT2D eigenvalue weighted by molar-refractivity contribution is -0.146. The van der Waals surface area contributed by atoms with Crippen LogP contribution in [0.25, 0.3) is 0 Å². The second-order valence-electron chi connectivity index (χ2n) is 4.27. The van der Waals surface area contributed by atoms with Gasteiger partial charge in [-0.15, -0.1) is 0 Å². The van der Waals surface area contributed by atoms with Gasteiger partial charge in [-0.3, -0.25) is 4.79 Å². The summed E-state index contributed by atoms with van der Waals surface area (Å²) in [5, 5.41) is 0. The molecule has 1 rings (SSSR count). The van der Waals surface area contributed by atoms with Crippen LogP contribution in [0, 0.1) is 0 Å². The molecule has 0 saturated carbocycles. The zero-order valence-corrected chi connectivity index (χ0v) is 14.4. The van der Waals surface area contributed by atoms with E-state index in [0.29, 0.717) is 13.2 Å². The minimum absolute atomic E-state index is 0.238. The van der Waals surface area contributed by atoms with Gasteiger partial charge in [0.05, 0.1) is 6.61 Å². The lowest BCUT2D eigenvalue weighted by Gasteiger charge is -2.30. The van der Waals surface area contributed by atoms with Crippen LogP contribution >= 0.6 is 18.9 Å². The summed E-state index contributed by atoms with van der Waals surface area (Å²) >= 11 is 1.62. The Bertz CT molecular complexity index is 422. The van der Waals surface area contributed by atoms with E-state index in [1.54, 1.807) is 18.3 Å². The minimum atomic E-state index is -1.02. The van der Waals surface area contributed by atoms with Crippen LogP contribution in [0.4, 0.5) is 0 Å². The van der Waals surface area contributed by atoms with E-state index in [-0.39, 0.29) is 12.0 Å². The number of nitrogens with two attached hydrogens (primary N) is 1. The van der Waals surface area contributed by atoms with E-state index in [9.17, 15) is 4.79 Å². The highest BCUT2D eigenvalue weighted by Gasteiger charge is 2.28. The molecule has 1 aromatic carbocycles. The Labute approximate surface area is 131 Å². The molecular formula is C14H23N2O3PS. The number of hydrogen-bond acceptors (Lipinski definition) is 6. The van der Waals surface area contributed by atoms with Gasteiger partial charge in [-0.1, -0.05) is 29.6 Å². The highest BCUT2D eigenvalue weighted by Crippen LogP contribution is 2.53. The van der Waals surface area contributed by atoms with E-state index in [4.69, 9.17) is 15.0 Å². The molecule has 0 saturated heterocycles. The molecule has 0 aromatic heterocycles. The van der Waals surface area contributed by atoms with Gasteiger partial charge in [0.1, 0.15) is 11.8 Å². The molecule has 1 aromatic rings. The first-order valence-corrected chi connectivity index (χ1v) is 9.66. The van der Waals surface area contributed by atoms with Crippen molar-refractivity contribution >= 4 is 24.9 Å². The molecule has 118 valence electrons. The monoisotopic (exact) mass is 330 g/mol. The fraction of sp³-hybridized carbons (Fsp3) is 0.500. The first-order valence-electron chi connectivity index (χ1n) is 6.85. The average molecular weight is 330 g/mol. The molecule has 7 heteroatoms. The topological polar surface area (TPSA) is 64.8 Å².